The number of hydrogen-bond acceptors (Lipinski definition) is 6. The van der Waals surface area contributed by atoms with Crippen LogP contribution in [0, 0.1) is 10.1 Å². The summed E-state index contributed by atoms with van der Waals surface area (Å²) in [6.45, 7) is 1.39. The summed E-state index contributed by atoms with van der Waals surface area (Å²) in [6, 6.07) is 10.2. The number of nitrogens with zero attached hydrogens (tertiary/aromatic N) is 1. The molecule has 0 unspecified atom stereocenters. The summed E-state index contributed by atoms with van der Waals surface area (Å²) in [5, 5.41) is 18.8. The minimum absolute atomic E-state index is 0.204. The first-order chi connectivity index (χ1) is 11.2. The zero-order chi connectivity index (χ0) is 17.9. The minimum atomic E-state index is -4.02. The van der Waals surface area contributed by atoms with E-state index in [0.717, 1.165) is 17.8 Å². The fraction of sp³-hybridized carbons (Fsp3) is 0.0714. The van der Waals surface area contributed by atoms with Crippen LogP contribution < -0.4 is 10.5 Å². The van der Waals surface area contributed by atoms with Crippen molar-refractivity contribution in [2.75, 3.05) is 5.32 Å². The second kappa shape index (κ2) is 6.99. The van der Waals surface area contributed by atoms with Crippen LogP contribution in [-0.2, 0) is 14.8 Å². The van der Waals surface area contributed by atoms with Crippen LogP contribution in [0.15, 0.2) is 57.2 Å². The average molecular weight is 367 g/mol. The van der Waals surface area contributed by atoms with Crippen molar-refractivity contribution in [2.45, 2.75) is 21.6 Å². The monoisotopic (exact) mass is 367 g/mol. The van der Waals surface area contributed by atoms with Crippen LogP contribution >= 0.6 is 11.8 Å². The van der Waals surface area contributed by atoms with Gasteiger partial charge in [0, 0.05) is 23.6 Å². The standard InChI is InChI=1S/C14H13N3O5S2/c1-9(18)16-10-2-4-11(5-3-10)23-14-7-6-12(24(15,21)22)8-13(14)17(19)20/h2-8H,1H3,(H,16,18)(H2,15,21,22). The number of rotatable bonds is 5. The highest BCUT2D eigenvalue weighted by molar-refractivity contribution is 7.99. The van der Waals surface area contributed by atoms with Crippen molar-refractivity contribution >= 4 is 39.1 Å². The molecule has 0 bridgehead atoms. The molecule has 8 nitrogen and oxygen atoms in total. The lowest BCUT2D eigenvalue weighted by Crippen LogP contribution is -2.12. The fourth-order valence-electron chi connectivity index (χ4n) is 1.84. The van der Waals surface area contributed by atoms with Crippen LogP contribution in [0.2, 0.25) is 0 Å². The van der Waals surface area contributed by atoms with Gasteiger partial charge in [-0.3, -0.25) is 14.9 Å². The molecule has 0 fully saturated rings. The molecule has 0 aliphatic carbocycles. The second-order valence-corrected chi connectivity index (χ2v) is 7.42. The number of nitrogens with one attached hydrogen (secondary N) is 1. The van der Waals surface area contributed by atoms with Crippen molar-refractivity contribution in [3.05, 3.63) is 52.6 Å². The number of carbonyl (C=O) groups excluding carboxylic acids is 1. The van der Waals surface area contributed by atoms with Crippen molar-refractivity contribution in [3.63, 3.8) is 0 Å². The Morgan fingerprint density at radius 3 is 2.33 bits per heavy atom. The molecule has 3 N–H and O–H groups in total. The van der Waals surface area contributed by atoms with E-state index in [-0.39, 0.29) is 21.4 Å². The Kier molecular flexibility index (Phi) is 5.22. The summed E-state index contributed by atoms with van der Waals surface area (Å²) in [5.41, 5.74) is 0.253. The molecule has 2 aromatic rings. The van der Waals surface area contributed by atoms with Gasteiger partial charge < -0.3 is 5.32 Å². The average Bonchev–Trinajstić information content (AvgIpc) is 2.47. The van der Waals surface area contributed by atoms with E-state index < -0.39 is 14.9 Å². The summed E-state index contributed by atoms with van der Waals surface area (Å²) in [6.07, 6.45) is 0. The van der Waals surface area contributed by atoms with Gasteiger partial charge in [0.05, 0.1) is 14.7 Å². The molecule has 0 aliphatic rings. The summed E-state index contributed by atoms with van der Waals surface area (Å²) >= 11 is 1.10. The lowest BCUT2D eigenvalue weighted by molar-refractivity contribution is -0.388. The van der Waals surface area contributed by atoms with E-state index in [1.165, 1.54) is 19.1 Å². The van der Waals surface area contributed by atoms with Crippen molar-refractivity contribution < 1.29 is 18.1 Å². The quantitative estimate of drug-likeness (QED) is 0.616. The minimum Gasteiger partial charge on any atom is -0.326 e. The summed E-state index contributed by atoms with van der Waals surface area (Å²) < 4.78 is 22.6. The molecule has 0 saturated heterocycles. The van der Waals surface area contributed by atoms with Gasteiger partial charge in [-0.05, 0) is 36.4 Å². The van der Waals surface area contributed by atoms with E-state index in [4.69, 9.17) is 5.14 Å². The predicted molar refractivity (Wildman–Crippen MR) is 89.3 cm³/mol. The Labute approximate surface area is 142 Å². The van der Waals surface area contributed by atoms with Crippen LogP contribution in [0.4, 0.5) is 11.4 Å². The highest BCUT2D eigenvalue weighted by atomic mass is 32.2. The van der Waals surface area contributed by atoms with Crippen molar-refractivity contribution in [2.24, 2.45) is 5.14 Å². The van der Waals surface area contributed by atoms with Gasteiger partial charge >= 0.3 is 0 Å². The number of primary sulfonamides is 1. The molecule has 0 aliphatic heterocycles. The molecule has 2 rings (SSSR count). The van der Waals surface area contributed by atoms with Gasteiger partial charge in [0.25, 0.3) is 5.69 Å². The number of benzene rings is 2. The topological polar surface area (TPSA) is 132 Å². The largest absolute Gasteiger partial charge is 0.326 e. The van der Waals surface area contributed by atoms with Gasteiger partial charge in [-0.15, -0.1) is 0 Å². The normalized spacial score (nSPS) is 11.1. The van der Waals surface area contributed by atoms with E-state index in [2.05, 4.69) is 5.32 Å². The zero-order valence-corrected chi connectivity index (χ0v) is 14.1. The number of nitrogens with two attached hydrogens (primary N) is 1. The summed E-state index contributed by atoms with van der Waals surface area (Å²) in [4.78, 5) is 22.1. The molecule has 2 aromatic carbocycles. The number of nitro benzene ring substituents is 1. The van der Waals surface area contributed by atoms with Crippen LogP contribution in [0.5, 0.6) is 0 Å². The smallest absolute Gasteiger partial charge is 0.284 e. The molecule has 0 aromatic heterocycles. The van der Waals surface area contributed by atoms with Gasteiger partial charge in [0.15, 0.2) is 0 Å². The molecule has 0 saturated carbocycles. The Balaban J connectivity index is 2.32. The van der Waals surface area contributed by atoms with Gasteiger partial charge in [-0.1, -0.05) is 11.8 Å². The Bertz CT molecular complexity index is 895. The second-order valence-electron chi connectivity index (χ2n) is 4.74. The Hall–Kier alpha value is -2.43. The van der Waals surface area contributed by atoms with Gasteiger partial charge in [0.2, 0.25) is 15.9 Å². The summed E-state index contributed by atoms with van der Waals surface area (Å²) in [7, 11) is -4.02. The molecule has 0 heterocycles. The Morgan fingerprint density at radius 1 is 1.21 bits per heavy atom. The van der Waals surface area contributed by atoms with Gasteiger partial charge in [-0.2, -0.15) is 0 Å². The third-order valence-electron chi connectivity index (χ3n) is 2.86. The molecule has 1 amide bonds. The van der Waals surface area contributed by atoms with Gasteiger partial charge in [0.1, 0.15) is 0 Å². The van der Waals surface area contributed by atoms with E-state index in [0.29, 0.717) is 10.6 Å². The molecule has 0 spiro atoms. The molecule has 10 heteroatoms. The number of sulfonamides is 1. The van der Waals surface area contributed by atoms with E-state index in [9.17, 15) is 23.3 Å². The number of amides is 1. The SMILES string of the molecule is CC(=O)Nc1ccc(Sc2ccc(S(N)(=O)=O)cc2[N+](=O)[O-])cc1. The number of carbonyl (C=O) groups is 1. The van der Waals surface area contributed by atoms with Crippen LogP contribution in [-0.4, -0.2) is 19.2 Å². The number of anilines is 1. The number of nitro groups is 1. The molecular weight excluding hydrogens is 354 g/mol. The maximum absolute atomic E-state index is 11.3. The van der Waals surface area contributed by atoms with Gasteiger partial charge in [-0.25, -0.2) is 13.6 Å². The molecule has 24 heavy (non-hydrogen) atoms. The van der Waals surface area contributed by atoms with Crippen LogP contribution in [0.1, 0.15) is 6.92 Å². The van der Waals surface area contributed by atoms with E-state index >= 15 is 0 Å². The number of hydrogen-bond donors (Lipinski definition) is 2. The third-order valence-corrected chi connectivity index (χ3v) is 4.84. The van der Waals surface area contributed by atoms with Crippen LogP contribution in [0.3, 0.4) is 0 Å². The highest BCUT2D eigenvalue weighted by Gasteiger charge is 2.19. The first kappa shape index (κ1) is 17.9. The van der Waals surface area contributed by atoms with E-state index in [1.54, 1.807) is 24.3 Å². The lowest BCUT2D eigenvalue weighted by atomic mass is 10.3. The molecule has 0 atom stereocenters. The van der Waals surface area contributed by atoms with Crippen molar-refractivity contribution in [1.82, 2.24) is 0 Å². The zero-order valence-electron chi connectivity index (χ0n) is 12.4. The van der Waals surface area contributed by atoms with Crippen LogP contribution in [0.25, 0.3) is 0 Å². The first-order valence-corrected chi connectivity index (χ1v) is 8.90. The molecular formula is C14H13N3O5S2. The molecule has 126 valence electrons. The predicted octanol–water partition coefficient (Wildman–Crippen LogP) is 2.35. The van der Waals surface area contributed by atoms with E-state index in [1.807, 2.05) is 0 Å². The lowest BCUT2D eigenvalue weighted by Gasteiger charge is -2.06. The molecule has 0 radical (unpaired) electrons. The first-order valence-electron chi connectivity index (χ1n) is 6.53. The summed E-state index contributed by atoms with van der Waals surface area (Å²) in [5.74, 6) is -0.204. The Morgan fingerprint density at radius 2 is 1.83 bits per heavy atom. The third kappa shape index (κ3) is 4.54. The van der Waals surface area contributed by atoms with Crippen molar-refractivity contribution in [3.8, 4) is 0 Å². The fourth-order valence-corrected chi connectivity index (χ4v) is 3.27. The maximum Gasteiger partial charge on any atom is 0.284 e. The van der Waals surface area contributed by atoms with Crippen molar-refractivity contribution in [1.29, 1.82) is 0 Å². The highest BCUT2D eigenvalue weighted by Crippen LogP contribution is 2.36. The maximum atomic E-state index is 11.3.